The number of nitrogens with zero attached hydrogens (tertiary/aromatic N) is 4. The Morgan fingerprint density at radius 2 is 1.84 bits per heavy atom. The van der Waals surface area contributed by atoms with Crippen LogP contribution in [0.15, 0.2) is 97.6 Å². The van der Waals surface area contributed by atoms with Crippen LogP contribution in [0.3, 0.4) is 0 Å². The molecule has 44 heavy (non-hydrogen) atoms. The lowest BCUT2D eigenvalue weighted by molar-refractivity contribution is -0.150. The molecule has 0 spiro atoms. The zero-order valence-corrected chi connectivity index (χ0v) is 26.2. The molecule has 222 valence electrons. The summed E-state index contributed by atoms with van der Waals surface area (Å²) in [6.45, 7) is 7.71. The highest BCUT2D eigenvalue weighted by molar-refractivity contribution is 9.10. The Kier molecular flexibility index (Phi) is 7.92. The van der Waals surface area contributed by atoms with E-state index in [1.807, 2.05) is 74.5 Å². The minimum atomic E-state index is -0.710. The predicted octanol–water partition coefficient (Wildman–Crippen LogP) is 7.19. The number of aromatic nitrogens is 3. The molecule has 10 heteroatoms. The van der Waals surface area contributed by atoms with E-state index < -0.39 is 12.1 Å². The number of para-hydroxylation sites is 1. The number of aryl methyl sites for hydroxylation is 1. The van der Waals surface area contributed by atoms with Gasteiger partial charge in [-0.3, -0.25) is 4.79 Å². The van der Waals surface area contributed by atoms with E-state index >= 15 is 0 Å². The third kappa shape index (κ3) is 5.56. The Morgan fingerprint density at radius 3 is 2.61 bits per heavy atom. The van der Waals surface area contributed by atoms with Gasteiger partial charge in [-0.05, 0) is 94.4 Å². The molecule has 0 radical (unpaired) electrons. The largest absolute Gasteiger partial charge is 0.479 e. The minimum Gasteiger partial charge on any atom is -0.479 e. The molecule has 0 unspecified atom stereocenters. The van der Waals surface area contributed by atoms with Crippen LogP contribution in [-0.4, -0.2) is 39.1 Å². The van der Waals surface area contributed by atoms with E-state index in [-0.39, 0.29) is 5.56 Å². The molecular formula is C34H29BrN4O5. The lowest BCUT2D eigenvalue weighted by Gasteiger charge is -2.14. The van der Waals surface area contributed by atoms with Crippen molar-refractivity contribution in [2.75, 3.05) is 6.61 Å². The molecule has 6 aromatic rings. The number of ether oxygens (including phenoxy) is 2. The van der Waals surface area contributed by atoms with E-state index in [9.17, 15) is 9.59 Å². The molecule has 0 N–H and O–H groups in total. The van der Waals surface area contributed by atoms with Gasteiger partial charge in [0.05, 0.1) is 23.7 Å². The van der Waals surface area contributed by atoms with Gasteiger partial charge in [0.15, 0.2) is 11.9 Å². The van der Waals surface area contributed by atoms with Crippen molar-refractivity contribution in [3.05, 3.63) is 111 Å². The topological polar surface area (TPSA) is 101 Å². The molecule has 0 saturated heterocycles. The number of esters is 1. The third-order valence-corrected chi connectivity index (χ3v) is 7.75. The molecule has 0 aliphatic rings. The van der Waals surface area contributed by atoms with E-state index in [0.29, 0.717) is 40.4 Å². The maximum absolute atomic E-state index is 13.7. The van der Waals surface area contributed by atoms with Crippen molar-refractivity contribution in [2.24, 2.45) is 5.10 Å². The zero-order valence-electron chi connectivity index (χ0n) is 24.6. The molecule has 0 fully saturated rings. The van der Waals surface area contributed by atoms with Crippen LogP contribution < -0.4 is 10.3 Å². The van der Waals surface area contributed by atoms with Gasteiger partial charge in [0.25, 0.3) is 5.56 Å². The molecule has 6 rings (SSSR count). The van der Waals surface area contributed by atoms with Crippen molar-refractivity contribution in [3.63, 3.8) is 0 Å². The van der Waals surface area contributed by atoms with E-state index in [0.717, 1.165) is 32.5 Å². The smallest absolute Gasteiger partial charge is 0.347 e. The van der Waals surface area contributed by atoms with Crippen LogP contribution in [0.1, 0.15) is 30.8 Å². The number of furan rings is 1. The molecule has 3 heterocycles. The van der Waals surface area contributed by atoms with Crippen LogP contribution in [0.4, 0.5) is 0 Å². The summed E-state index contributed by atoms with van der Waals surface area (Å²) in [5.74, 6) is 0.893. The van der Waals surface area contributed by atoms with Crippen LogP contribution in [0.2, 0.25) is 0 Å². The van der Waals surface area contributed by atoms with Crippen LogP contribution in [0.5, 0.6) is 5.75 Å². The number of benzene rings is 3. The number of fused-ring (bicyclic) bond motifs is 2. The fourth-order valence-electron chi connectivity index (χ4n) is 5.14. The predicted molar refractivity (Wildman–Crippen MR) is 174 cm³/mol. The van der Waals surface area contributed by atoms with Gasteiger partial charge in [-0.25, -0.2) is 9.78 Å². The second kappa shape index (κ2) is 12.0. The molecule has 3 aromatic heterocycles. The summed E-state index contributed by atoms with van der Waals surface area (Å²) in [6.07, 6.45) is 0.954. The maximum Gasteiger partial charge on any atom is 0.347 e. The van der Waals surface area contributed by atoms with Gasteiger partial charge in [-0.15, -0.1) is 0 Å². The lowest BCUT2D eigenvalue weighted by Crippen LogP contribution is -2.26. The standard InChI is InChI=1S/C34H29BrN4O5/c1-5-42-34(41)22(4)43-27-13-11-26(12-14-27)38-20(2)16-24(21(38)3)19-36-39-32(37-29-9-7-6-8-28(29)33(39)40)31-18-23-17-25(35)10-15-30(23)44-31/h6-19,22H,5H2,1-4H3/t22-/m0/s1. The average Bonchev–Trinajstić information content (AvgIpc) is 3.56. The molecule has 0 aliphatic heterocycles. The van der Waals surface area contributed by atoms with Crippen LogP contribution >= 0.6 is 15.9 Å². The summed E-state index contributed by atoms with van der Waals surface area (Å²) in [4.78, 5) is 30.4. The number of hydrogen-bond acceptors (Lipinski definition) is 7. The van der Waals surface area contributed by atoms with Gasteiger partial charge in [-0.2, -0.15) is 9.78 Å². The van der Waals surface area contributed by atoms with E-state index in [1.54, 1.807) is 38.3 Å². The SMILES string of the molecule is CCOC(=O)[C@H](C)Oc1ccc(-n2c(C)cc(C=Nn3c(-c4cc5cc(Br)ccc5o4)nc4ccccc4c3=O)c2C)cc1. The van der Waals surface area contributed by atoms with Crippen molar-refractivity contribution < 1.29 is 18.7 Å². The van der Waals surface area contributed by atoms with Crippen molar-refractivity contribution in [2.45, 2.75) is 33.8 Å². The second-order valence-corrected chi connectivity index (χ2v) is 11.2. The first-order valence-electron chi connectivity index (χ1n) is 14.1. The summed E-state index contributed by atoms with van der Waals surface area (Å²) in [5.41, 5.74) is 4.58. The Labute approximate surface area is 261 Å². The van der Waals surface area contributed by atoms with Gasteiger partial charge in [0.1, 0.15) is 11.3 Å². The Bertz CT molecular complexity index is 2110. The molecule has 3 aromatic carbocycles. The molecule has 0 amide bonds. The average molecular weight is 654 g/mol. The highest BCUT2D eigenvalue weighted by Gasteiger charge is 2.18. The lowest BCUT2D eigenvalue weighted by atomic mass is 10.2. The van der Waals surface area contributed by atoms with Crippen LogP contribution in [0, 0.1) is 13.8 Å². The molecule has 0 bridgehead atoms. The Hall–Kier alpha value is -4.96. The Morgan fingerprint density at radius 1 is 1.07 bits per heavy atom. The van der Waals surface area contributed by atoms with Crippen molar-refractivity contribution in [1.29, 1.82) is 0 Å². The van der Waals surface area contributed by atoms with Crippen molar-refractivity contribution >= 4 is 50.0 Å². The highest BCUT2D eigenvalue weighted by atomic mass is 79.9. The van der Waals surface area contributed by atoms with Gasteiger partial charge in [-0.1, -0.05) is 28.1 Å². The molecule has 0 saturated carbocycles. The summed E-state index contributed by atoms with van der Waals surface area (Å²) >= 11 is 3.50. The fraction of sp³-hybridized carbons (Fsp3) is 0.176. The first-order chi connectivity index (χ1) is 21.2. The van der Waals surface area contributed by atoms with Gasteiger partial charge in [0.2, 0.25) is 5.82 Å². The maximum atomic E-state index is 13.7. The molecule has 9 nitrogen and oxygen atoms in total. The monoisotopic (exact) mass is 652 g/mol. The zero-order chi connectivity index (χ0) is 31.0. The number of carbonyl (C=O) groups excluding carboxylic acids is 1. The van der Waals surface area contributed by atoms with Crippen LogP contribution in [0.25, 0.3) is 39.1 Å². The van der Waals surface area contributed by atoms with Gasteiger partial charge < -0.3 is 18.5 Å². The Balaban J connectivity index is 1.36. The van der Waals surface area contributed by atoms with E-state index in [4.69, 9.17) is 18.9 Å². The van der Waals surface area contributed by atoms with Crippen LogP contribution in [-0.2, 0) is 9.53 Å². The number of rotatable bonds is 8. The summed E-state index contributed by atoms with van der Waals surface area (Å²) in [5, 5.41) is 5.98. The van der Waals surface area contributed by atoms with Gasteiger partial charge in [0, 0.05) is 32.5 Å². The minimum absolute atomic E-state index is 0.300. The van der Waals surface area contributed by atoms with E-state index in [2.05, 4.69) is 25.6 Å². The van der Waals surface area contributed by atoms with Crippen molar-refractivity contribution in [3.8, 4) is 23.0 Å². The molecule has 0 aliphatic carbocycles. The van der Waals surface area contributed by atoms with Crippen molar-refractivity contribution in [1.82, 2.24) is 14.2 Å². The summed E-state index contributed by atoms with van der Waals surface area (Å²) < 4.78 is 21.2. The fourth-order valence-corrected chi connectivity index (χ4v) is 5.51. The highest BCUT2D eigenvalue weighted by Crippen LogP contribution is 2.29. The third-order valence-electron chi connectivity index (χ3n) is 7.26. The first-order valence-corrected chi connectivity index (χ1v) is 14.9. The normalized spacial score (nSPS) is 12.3. The number of hydrogen-bond donors (Lipinski definition) is 0. The molecule has 1 atom stereocenters. The van der Waals surface area contributed by atoms with E-state index in [1.165, 1.54) is 4.68 Å². The molecular weight excluding hydrogens is 624 g/mol. The van der Waals surface area contributed by atoms with Gasteiger partial charge >= 0.3 is 5.97 Å². The first kappa shape index (κ1) is 29.1. The summed E-state index contributed by atoms with van der Waals surface area (Å²) in [7, 11) is 0. The summed E-state index contributed by atoms with van der Waals surface area (Å²) in [6, 6.07) is 24.2. The second-order valence-electron chi connectivity index (χ2n) is 10.3. The number of halogens is 1. The number of carbonyl (C=O) groups is 1. The quantitative estimate of drug-likeness (QED) is 0.127.